The lowest BCUT2D eigenvalue weighted by molar-refractivity contribution is -0.140. The maximum Gasteiger partial charge on any atom is 0.416 e. The van der Waals surface area contributed by atoms with Crippen molar-refractivity contribution in [2.24, 2.45) is 5.73 Å². The Morgan fingerprint density at radius 2 is 1.86 bits per heavy atom. The molecule has 0 radical (unpaired) electrons. The Balaban J connectivity index is 1.46. The van der Waals surface area contributed by atoms with E-state index < -0.39 is 23.8 Å². The van der Waals surface area contributed by atoms with Gasteiger partial charge in [-0.25, -0.2) is 0 Å². The van der Waals surface area contributed by atoms with E-state index in [2.05, 4.69) is 0 Å². The molecule has 4 rings (SSSR count). The Morgan fingerprint density at radius 1 is 1.11 bits per heavy atom. The maximum atomic E-state index is 13.8. The molecular weight excluding hydrogens is 461 g/mol. The number of carboxylic acid groups (broad SMARTS) is 1. The molecule has 9 heteroatoms. The second-order valence-electron chi connectivity index (χ2n) is 9.27. The highest BCUT2D eigenvalue weighted by atomic mass is 19.4. The number of anilines is 1. The molecule has 2 aromatic rings. The predicted molar refractivity (Wildman–Crippen MR) is 124 cm³/mol. The number of benzene rings is 2. The number of carbonyl (C=O) groups excluding carboxylic acids is 1. The molecule has 6 nitrogen and oxygen atoms in total. The summed E-state index contributed by atoms with van der Waals surface area (Å²) in [6.45, 7) is 0.152. The van der Waals surface area contributed by atoms with Gasteiger partial charge in [-0.2, -0.15) is 13.2 Å². The summed E-state index contributed by atoms with van der Waals surface area (Å²) in [5.74, 6) is -1.05. The molecule has 2 aliphatic rings. The Bertz CT molecular complexity index is 1100. The van der Waals surface area contributed by atoms with E-state index in [4.69, 9.17) is 15.6 Å². The summed E-state index contributed by atoms with van der Waals surface area (Å²) in [5.41, 5.74) is 7.07. The number of hydrogen-bond donors (Lipinski definition) is 2. The van der Waals surface area contributed by atoms with Crippen molar-refractivity contribution in [1.29, 1.82) is 0 Å². The van der Waals surface area contributed by atoms with Crippen molar-refractivity contribution in [3.8, 4) is 5.75 Å². The second kappa shape index (κ2) is 10.3. The van der Waals surface area contributed by atoms with Crippen LogP contribution in [0.4, 0.5) is 18.9 Å². The summed E-state index contributed by atoms with van der Waals surface area (Å²) >= 11 is 0. The summed E-state index contributed by atoms with van der Waals surface area (Å²) in [7, 11) is 0. The van der Waals surface area contributed by atoms with Crippen molar-refractivity contribution in [3.05, 3.63) is 58.7 Å². The van der Waals surface area contributed by atoms with E-state index >= 15 is 0 Å². The van der Waals surface area contributed by atoms with Crippen LogP contribution in [0.3, 0.4) is 0 Å². The molecule has 35 heavy (non-hydrogen) atoms. The number of carbonyl (C=O) groups is 2. The number of alkyl halides is 3. The van der Waals surface area contributed by atoms with Crippen LogP contribution >= 0.6 is 0 Å². The minimum atomic E-state index is -4.47. The highest BCUT2D eigenvalue weighted by Gasteiger charge is 2.34. The van der Waals surface area contributed by atoms with Crippen LogP contribution in [0, 0.1) is 0 Å². The zero-order valence-corrected chi connectivity index (χ0v) is 19.3. The largest absolute Gasteiger partial charge is 0.489 e. The third-order valence-electron chi connectivity index (χ3n) is 6.87. The lowest BCUT2D eigenvalue weighted by Gasteiger charge is -2.24. The van der Waals surface area contributed by atoms with E-state index in [9.17, 15) is 22.8 Å². The van der Waals surface area contributed by atoms with Gasteiger partial charge in [0.25, 0.3) is 0 Å². The van der Waals surface area contributed by atoms with Gasteiger partial charge < -0.3 is 20.5 Å². The number of carboxylic acids is 1. The van der Waals surface area contributed by atoms with Gasteiger partial charge in [0.05, 0.1) is 12.0 Å². The topological polar surface area (TPSA) is 92.9 Å². The van der Waals surface area contributed by atoms with Crippen molar-refractivity contribution in [3.63, 3.8) is 0 Å². The molecule has 0 saturated heterocycles. The zero-order valence-electron chi connectivity index (χ0n) is 19.3. The summed E-state index contributed by atoms with van der Waals surface area (Å²) in [4.78, 5) is 24.8. The average Bonchev–Trinajstić information content (AvgIpc) is 3.26. The molecule has 188 valence electrons. The Morgan fingerprint density at radius 3 is 2.54 bits per heavy atom. The van der Waals surface area contributed by atoms with Gasteiger partial charge in [-0.15, -0.1) is 0 Å². The number of fused-ring (bicyclic) bond motifs is 1. The van der Waals surface area contributed by atoms with Crippen LogP contribution in [0.2, 0.25) is 0 Å². The molecule has 1 fully saturated rings. The van der Waals surface area contributed by atoms with Gasteiger partial charge in [-0.1, -0.05) is 31.4 Å². The van der Waals surface area contributed by atoms with Crippen LogP contribution < -0.4 is 15.4 Å². The van der Waals surface area contributed by atoms with Crippen LogP contribution in [0.1, 0.15) is 66.7 Å². The van der Waals surface area contributed by atoms with Crippen LogP contribution in [0.25, 0.3) is 0 Å². The Labute approximate surface area is 201 Å². The van der Waals surface area contributed by atoms with Crippen molar-refractivity contribution < 1.29 is 32.6 Å². The van der Waals surface area contributed by atoms with E-state index in [1.165, 1.54) is 17.0 Å². The minimum Gasteiger partial charge on any atom is -0.489 e. The van der Waals surface area contributed by atoms with E-state index in [-0.39, 0.29) is 30.4 Å². The fourth-order valence-corrected chi connectivity index (χ4v) is 4.95. The van der Waals surface area contributed by atoms with Crippen molar-refractivity contribution >= 4 is 17.6 Å². The molecule has 1 aliphatic heterocycles. The molecule has 2 aromatic carbocycles. The predicted octanol–water partition coefficient (Wildman–Crippen LogP) is 5.02. The molecule has 3 N–H and O–H groups in total. The molecule has 1 unspecified atom stereocenters. The first-order chi connectivity index (χ1) is 16.6. The molecule has 0 spiro atoms. The van der Waals surface area contributed by atoms with Gasteiger partial charge in [0.2, 0.25) is 5.91 Å². The molecule has 1 amide bonds. The highest BCUT2D eigenvalue weighted by Crippen LogP contribution is 2.39. The van der Waals surface area contributed by atoms with E-state index in [0.717, 1.165) is 43.2 Å². The van der Waals surface area contributed by atoms with Crippen LogP contribution in [-0.4, -0.2) is 29.6 Å². The van der Waals surface area contributed by atoms with Gasteiger partial charge in [-0.05, 0) is 60.6 Å². The standard InChI is InChI=1S/C26H29F3N2O4/c27-26(28,29)21-13-17(16-4-2-1-3-5-16)6-7-19(21)15-35-20-8-9-23-18(12-20)10-11-31(23)24(32)14-22(30)25(33)34/h6-9,12-13,16,22H,1-5,10-11,14-15,30H2,(H,33,34). The Hall–Kier alpha value is -3.07. The quantitative estimate of drug-likeness (QED) is 0.568. The fraction of sp³-hybridized carbons (Fsp3) is 0.462. The zero-order chi connectivity index (χ0) is 25.2. The number of nitrogens with zero attached hydrogens (tertiary/aromatic N) is 1. The molecule has 1 saturated carbocycles. The maximum absolute atomic E-state index is 13.8. The first-order valence-corrected chi connectivity index (χ1v) is 11.9. The van der Waals surface area contributed by atoms with Gasteiger partial charge in [-0.3, -0.25) is 9.59 Å². The molecule has 1 heterocycles. The molecule has 0 aromatic heterocycles. The monoisotopic (exact) mass is 490 g/mol. The number of hydrogen-bond acceptors (Lipinski definition) is 4. The Kier molecular flexibility index (Phi) is 7.35. The van der Waals surface area contributed by atoms with Crippen molar-refractivity contribution in [2.45, 2.75) is 69.7 Å². The van der Waals surface area contributed by atoms with Crippen molar-refractivity contribution in [1.82, 2.24) is 0 Å². The number of nitrogens with two attached hydrogens (primary N) is 1. The number of amides is 1. The van der Waals surface area contributed by atoms with Crippen molar-refractivity contribution in [2.75, 3.05) is 11.4 Å². The molecule has 1 atom stereocenters. The highest BCUT2D eigenvalue weighted by molar-refractivity contribution is 5.97. The summed E-state index contributed by atoms with van der Waals surface area (Å²) in [6, 6.07) is 8.29. The smallest absolute Gasteiger partial charge is 0.416 e. The first kappa shape index (κ1) is 25.0. The van der Waals surface area contributed by atoms with E-state index in [1.54, 1.807) is 24.3 Å². The lowest BCUT2D eigenvalue weighted by Crippen LogP contribution is -2.38. The fourth-order valence-electron chi connectivity index (χ4n) is 4.95. The summed E-state index contributed by atoms with van der Waals surface area (Å²) < 4.78 is 47.2. The van der Waals surface area contributed by atoms with Crippen LogP contribution in [0.15, 0.2) is 36.4 Å². The SMILES string of the molecule is NC(CC(=O)N1CCc2cc(OCc3ccc(C4CCCCC4)cc3C(F)(F)F)ccc21)C(=O)O. The number of halogens is 3. The summed E-state index contributed by atoms with van der Waals surface area (Å²) in [6.07, 6.45) is 0.813. The van der Waals surface area contributed by atoms with Crippen LogP contribution in [-0.2, 0) is 28.8 Å². The molecule has 1 aliphatic carbocycles. The van der Waals surface area contributed by atoms with E-state index in [1.807, 2.05) is 0 Å². The molecular formula is C26H29F3N2O4. The van der Waals surface area contributed by atoms with Gasteiger partial charge in [0, 0.05) is 17.8 Å². The lowest BCUT2D eigenvalue weighted by atomic mass is 9.83. The number of rotatable bonds is 7. The van der Waals surface area contributed by atoms with E-state index in [0.29, 0.717) is 24.4 Å². The third-order valence-corrected chi connectivity index (χ3v) is 6.87. The van der Waals surface area contributed by atoms with Gasteiger partial charge >= 0.3 is 12.1 Å². The van der Waals surface area contributed by atoms with Gasteiger partial charge in [0.15, 0.2) is 0 Å². The van der Waals surface area contributed by atoms with Crippen LogP contribution in [0.5, 0.6) is 5.75 Å². The minimum absolute atomic E-state index is 0.0806. The normalized spacial score (nSPS) is 17.2. The number of aliphatic carboxylic acids is 1. The number of ether oxygens (including phenoxy) is 1. The average molecular weight is 491 g/mol. The van der Waals surface area contributed by atoms with Gasteiger partial charge in [0.1, 0.15) is 18.4 Å². The first-order valence-electron chi connectivity index (χ1n) is 11.9. The summed E-state index contributed by atoms with van der Waals surface area (Å²) in [5, 5.41) is 8.93. The second-order valence-corrected chi connectivity index (χ2v) is 9.27. The molecule has 0 bridgehead atoms. The third kappa shape index (κ3) is 5.78.